The van der Waals surface area contributed by atoms with Crippen LogP contribution in [0.4, 0.5) is 5.00 Å². The van der Waals surface area contributed by atoms with Gasteiger partial charge in [0, 0.05) is 5.39 Å². The van der Waals surface area contributed by atoms with Crippen LogP contribution >= 0.6 is 11.3 Å². The van der Waals surface area contributed by atoms with Gasteiger partial charge < -0.3 is 10.3 Å². The van der Waals surface area contributed by atoms with Crippen LogP contribution in [-0.4, -0.2) is 15.1 Å². The fourth-order valence-electron chi connectivity index (χ4n) is 2.09. The molecule has 21 heavy (non-hydrogen) atoms. The van der Waals surface area contributed by atoms with E-state index in [0.29, 0.717) is 22.4 Å². The average molecular weight is 294 g/mol. The first kappa shape index (κ1) is 12.0. The molecular formula is C15H10N4OS. The molecule has 0 aliphatic heterocycles. The van der Waals surface area contributed by atoms with Gasteiger partial charge in [-0.05, 0) is 24.3 Å². The lowest BCUT2D eigenvalue weighted by atomic mass is 10.2. The van der Waals surface area contributed by atoms with Gasteiger partial charge in [-0.15, -0.1) is 11.3 Å². The molecule has 0 unspecified atom stereocenters. The predicted octanol–water partition coefficient (Wildman–Crippen LogP) is 3.60. The molecule has 0 spiro atoms. The summed E-state index contributed by atoms with van der Waals surface area (Å²) in [6.45, 7) is 0. The van der Waals surface area contributed by atoms with Crippen molar-refractivity contribution < 1.29 is 4.52 Å². The molecule has 0 fully saturated rings. The standard InChI is InChI=1S/C15H10N4OS/c16-13-8-7-12(21-13)15-18-14(19-20-15)11-6-5-9-3-1-2-4-10(9)17-11/h1-8H,16H2. The van der Waals surface area contributed by atoms with E-state index in [1.807, 2.05) is 48.5 Å². The molecule has 4 rings (SSSR count). The predicted molar refractivity (Wildman–Crippen MR) is 82.8 cm³/mol. The summed E-state index contributed by atoms with van der Waals surface area (Å²) in [5, 5.41) is 5.79. The largest absolute Gasteiger partial charge is 0.391 e. The number of aromatic nitrogens is 3. The first-order chi connectivity index (χ1) is 10.3. The Kier molecular flexibility index (Phi) is 2.68. The number of fused-ring (bicyclic) bond motifs is 1. The fourth-order valence-corrected chi connectivity index (χ4v) is 2.78. The Morgan fingerprint density at radius 1 is 0.952 bits per heavy atom. The number of benzene rings is 1. The van der Waals surface area contributed by atoms with Crippen molar-refractivity contribution in [3.63, 3.8) is 0 Å². The second-order valence-electron chi connectivity index (χ2n) is 4.51. The van der Waals surface area contributed by atoms with Crippen LogP contribution < -0.4 is 5.73 Å². The number of pyridine rings is 1. The molecule has 0 bridgehead atoms. The van der Waals surface area contributed by atoms with Crippen molar-refractivity contribution >= 4 is 27.2 Å². The topological polar surface area (TPSA) is 77.8 Å². The zero-order valence-corrected chi connectivity index (χ0v) is 11.7. The van der Waals surface area contributed by atoms with E-state index in [2.05, 4.69) is 15.1 Å². The van der Waals surface area contributed by atoms with Gasteiger partial charge in [0.2, 0.25) is 5.82 Å². The van der Waals surface area contributed by atoms with E-state index >= 15 is 0 Å². The van der Waals surface area contributed by atoms with Crippen molar-refractivity contribution in [2.45, 2.75) is 0 Å². The molecular weight excluding hydrogens is 284 g/mol. The van der Waals surface area contributed by atoms with Gasteiger partial charge in [-0.2, -0.15) is 4.98 Å². The third-order valence-corrected chi connectivity index (χ3v) is 3.99. The second-order valence-corrected chi connectivity index (χ2v) is 5.63. The quantitative estimate of drug-likeness (QED) is 0.611. The second kappa shape index (κ2) is 4.68. The van der Waals surface area contributed by atoms with Crippen molar-refractivity contribution in [1.82, 2.24) is 15.1 Å². The van der Waals surface area contributed by atoms with Gasteiger partial charge in [0.25, 0.3) is 5.89 Å². The molecule has 0 saturated heterocycles. The number of hydrogen-bond donors (Lipinski definition) is 1. The van der Waals surface area contributed by atoms with Gasteiger partial charge in [-0.3, -0.25) is 0 Å². The van der Waals surface area contributed by atoms with E-state index in [0.717, 1.165) is 15.8 Å². The van der Waals surface area contributed by atoms with Gasteiger partial charge in [-0.25, -0.2) is 4.98 Å². The van der Waals surface area contributed by atoms with Gasteiger partial charge in [0.15, 0.2) is 0 Å². The van der Waals surface area contributed by atoms with Crippen LogP contribution in [0.1, 0.15) is 0 Å². The van der Waals surface area contributed by atoms with Gasteiger partial charge in [-0.1, -0.05) is 29.4 Å². The minimum atomic E-state index is 0.460. The summed E-state index contributed by atoms with van der Waals surface area (Å²) in [6.07, 6.45) is 0. The Labute approximate surface area is 124 Å². The smallest absolute Gasteiger partial charge is 0.268 e. The average Bonchev–Trinajstić information content (AvgIpc) is 3.15. The summed E-state index contributed by atoms with van der Waals surface area (Å²) in [4.78, 5) is 9.79. The van der Waals surface area contributed by atoms with Crippen molar-refractivity contribution in [1.29, 1.82) is 0 Å². The fraction of sp³-hybridized carbons (Fsp3) is 0. The minimum absolute atomic E-state index is 0.460. The summed E-state index contributed by atoms with van der Waals surface area (Å²) < 4.78 is 5.28. The van der Waals surface area contributed by atoms with Crippen LogP contribution in [0.3, 0.4) is 0 Å². The maximum Gasteiger partial charge on any atom is 0.268 e. The number of anilines is 1. The zero-order valence-electron chi connectivity index (χ0n) is 10.9. The zero-order chi connectivity index (χ0) is 14.2. The first-order valence-corrected chi connectivity index (χ1v) is 7.17. The lowest BCUT2D eigenvalue weighted by Gasteiger charge is -1.98. The van der Waals surface area contributed by atoms with E-state index in [-0.39, 0.29) is 0 Å². The number of nitrogens with zero attached hydrogens (tertiary/aromatic N) is 3. The van der Waals surface area contributed by atoms with Crippen LogP contribution in [0.2, 0.25) is 0 Å². The maximum atomic E-state index is 5.71. The number of rotatable bonds is 2. The monoisotopic (exact) mass is 294 g/mol. The SMILES string of the molecule is Nc1ccc(-c2nc(-c3ccc4ccccc4n3)no2)s1. The highest BCUT2D eigenvalue weighted by molar-refractivity contribution is 7.19. The summed E-state index contributed by atoms with van der Waals surface area (Å²) in [7, 11) is 0. The molecule has 6 heteroatoms. The number of nitrogens with two attached hydrogens (primary N) is 1. The lowest BCUT2D eigenvalue weighted by molar-refractivity contribution is 0.433. The summed E-state index contributed by atoms with van der Waals surface area (Å²) in [5.41, 5.74) is 7.30. The molecule has 0 atom stereocenters. The number of nitrogen functional groups attached to an aromatic ring is 1. The Morgan fingerprint density at radius 3 is 2.71 bits per heavy atom. The van der Waals surface area contributed by atoms with Crippen molar-refractivity contribution in [3.05, 3.63) is 48.5 Å². The van der Waals surface area contributed by atoms with E-state index in [9.17, 15) is 0 Å². The molecule has 0 aliphatic carbocycles. The Hall–Kier alpha value is -2.73. The molecule has 0 saturated carbocycles. The summed E-state index contributed by atoms with van der Waals surface area (Å²) >= 11 is 1.41. The Balaban J connectivity index is 1.77. The van der Waals surface area contributed by atoms with Crippen LogP contribution in [0.5, 0.6) is 0 Å². The van der Waals surface area contributed by atoms with Gasteiger partial charge >= 0.3 is 0 Å². The van der Waals surface area contributed by atoms with Crippen LogP contribution in [0.15, 0.2) is 53.1 Å². The van der Waals surface area contributed by atoms with E-state index < -0.39 is 0 Å². The normalized spacial score (nSPS) is 11.0. The van der Waals surface area contributed by atoms with E-state index in [1.54, 1.807) is 0 Å². The minimum Gasteiger partial charge on any atom is -0.391 e. The molecule has 5 nitrogen and oxygen atoms in total. The summed E-state index contributed by atoms with van der Waals surface area (Å²) in [6, 6.07) is 15.5. The number of thiophene rings is 1. The van der Waals surface area contributed by atoms with Crippen LogP contribution in [-0.2, 0) is 0 Å². The van der Waals surface area contributed by atoms with Crippen molar-refractivity contribution in [3.8, 4) is 22.3 Å². The Bertz CT molecular complexity index is 928. The molecule has 4 aromatic rings. The van der Waals surface area contributed by atoms with Crippen molar-refractivity contribution in [2.75, 3.05) is 5.73 Å². The summed E-state index contributed by atoms with van der Waals surface area (Å²) in [5.74, 6) is 0.935. The molecule has 0 radical (unpaired) electrons. The highest BCUT2D eigenvalue weighted by Gasteiger charge is 2.13. The lowest BCUT2D eigenvalue weighted by Crippen LogP contribution is -1.86. The van der Waals surface area contributed by atoms with Gasteiger partial charge in [0.05, 0.1) is 15.4 Å². The molecule has 3 heterocycles. The highest BCUT2D eigenvalue weighted by atomic mass is 32.1. The third-order valence-electron chi connectivity index (χ3n) is 3.09. The number of para-hydroxylation sites is 1. The molecule has 1 aromatic carbocycles. The maximum absolute atomic E-state index is 5.71. The van der Waals surface area contributed by atoms with Gasteiger partial charge in [0.1, 0.15) is 5.69 Å². The Morgan fingerprint density at radius 2 is 1.86 bits per heavy atom. The van der Waals surface area contributed by atoms with Crippen LogP contribution in [0, 0.1) is 0 Å². The van der Waals surface area contributed by atoms with Crippen LogP contribution in [0.25, 0.3) is 33.2 Å². The molecule has 0 aliphatic rings. The highest BCUT2D eigenvalue weighted by Crippen LogP contribution is 2.29. The molecule has 2 N–H and O–H groups in total. The third kappa shape index (κ3) is 2.15. The van der Waals surface area contributed by atoms with E-state index in [4.69, 9.17) is 10.3 Å². The van der Waals surface area contributed by atoms with Crippen molar-refractivity contribution in [2.24, 2.45) is 0 Å². The number of hydrogen-bond acceptors (Lipinski definition) is 6. The molecule has 3 aromatic heterocycles. The molecule has 0 amide bonds. The molecule has 102 valence electrons. The van der Waals surface area contributed by atoms with E-state index in [1.165, 1.54) is 11.3 Å². The first-order valence-electron chi connectivity index (χ1n) is 6.35.